The highest BCUT2D eigenvalue weighted by atomic mass is 16.2. The van der Waals surface area contributed by atoms with Gasteiger partial charge in [0, 0.05) is 31.6 Å². The summed E-state index contributed by atoms with van der Waals surface area (Å²) < 4.78 is 0. The summed E-state index contributed by atoms with van der Waals surface area (Å²) in [5, 5.41) is 0. The van der Waals surface area contributed by atoms with E-state index in [0.717, 1.165) is 19.3 Å². The molecule has 5 heteroatoms. The van der Waals surface area contributed by atoms with Crippen LogP contribution in [-0.4, -0.2) is 53.3 Å². The predicted octanol–water partition coefficient (Wildman–Crippen LogP) is 0.337. The molecule has 5 nitrogen and oxygen atoms in total. The third kappa shape index (κ3) is 2.72. The zero-order valence-electron chi connectivity index (χ0n) is 11.1. The van der Waals surface area contributed by atoms with Crippen LogP contribution in [0.5, 0.6) is 0 Å². The van der Waals surface area contributed by atoms with Crippen LogP contribution in [0.1, 0.15) is 39.0 Å². The molecule has 2 unspecified atom stereocenters. The molecule has 0 aromatic carbocycles. The van der Waals surface area contributed by atoms with E-state index >= 15 is 0 Å². The lowest BCUT2D eigenvalue weighted by molar-refractivity contribution is -0.143. The molecule has 18 heavy (non-hydrogen) atoms. The van der Waals surface area contributed by atoms with Gasteiger partial charge in [-0.25, -0.2) is 0 Å². The third-order valence-corrected chi connectivity index (χ3v) is 4.16. The molecule has 0 aliphatic carbocycles. The first kappa shape index (κ1) is 13.5. The maximum atomic E-state index is 12.2. The summed E-state index contributed by atoms with van der Waals surface area (Å²) in [7, 11) is 0. The summed E-state index contributed by atoms with van der Waals surface area (Å²) in [5.74, 6) is -0.0707. The smallest absolute Gasteiger partial charge is 0.243 e. The van der Waals surface area contributed by atoms with Gasteiger partial charge in [-0.1, -0.05) is 6.42 Å². The number of carbonyl (C=O) groups excluding carboxylic acids is 2. The highest BCUT2D eigenvalue weighted by Crippen LogP contribution is 2.22. The second kappa shape index (κ2) is 5.80. The van der Waals surface area contributed by atoms with Crippen molar-refractivity contribution in [2.75, 3.05) is 19.6 Å². The van der Waals surface area contributed by atoms with Crippen molar-refractivity contribution in [3.8, 4) is 0 Å². The summed E-state index contributed by atoms with van der Waals surface area (Å²) in [6, 6.07) is 0.671. The molecule has 2 fully saturated rings. The molecule has 0 spiro atoms. The minimum Gasteiger partial charge on any atom is -0.329 e. The van der Waals surface area contributed by atoms with E-state index in [1.54, 1.807) is 0 Å². The number of piperidine rings is 1. The Morgan fingerprint density at radius 3 is 2.78 bits per heavy atom. The average molecular weight is 253 g/mol. The second-order valence-electron chi connectivity index (χ2n) is 5.38. The van der Waals surface area contributed by atoms with Crippen LogP contribution in [-0.2, 0) is 9.59 Å². The van der Waals surface area contributed by atoms with Crippen molar-refractivity contribution >= 4 is 11.8 Å². The Labute approximate surface area is 108 Å². The van der Waals surface area contributed by atoms with Crippen LogP contribution in [0.3, 0.4) is 0 Å². The largest absolute Gasteiger partial charge is 0.329 e. The van der Waals surface area contributed by atoms with Crippen molar-refractivity contribution in [3.05, 3.63) is 0 Å². The van der Waals surface area contributed by atoms with Crippen molar-refractivity contribution in [3.63, 3.8) is 0 Å². The Hall–Kier alpha value is -0.940. The molecule has 102 valence electrons. The van der Waals surface area contributed by atoms with Crippen molar-refractivity contribution < 1.29 is 9.59 Å². The van der Waals surface area contributed by atoms with E-state index in [1.165, 1.54) is 11.3 Å². The van der Waals surface area contributed by atoms with Gasteiger partial charge in [0.25, 0.3) is 0 Å². The summed E-state index contributed by atoms with van der Waals surface area (Å²) in [4.78, 5) is 27.3. The molecule has 0 aromatic rings. The number of carbonyl (C=O) groups is 2. The predicted molar refractivity (Wildman–Crippen MR) is 68.8 cm³/mol. The molecule has 2 rings (SSSR count). The minimum atomic E-state index is -0.0512. The average Bonchev–Trinajstić information content (AvgIpc) is 2.78. The molecular weight excluding hydrogens is 230 g/mol. The first-order valence-corrected chi connectivity index (χ1v) is 6.92. The van der Waals surface area contributed by atoms with Gasteiger partial charge in [0.15, 0.2) is 0 Å². The molecular formula is C13H23N3O2. The summed E-state index contributed by atoms with van der Waals surface area (Å²) in [6.45, 7) is 3.66. The number of imide groups is 1. The topological polar surface area (TPSA) is 66.6 Å². The highest BCUT2D eigenvalue weighted by Gasteiger charge is 2.32. The van der Waals surface area contributed by atoms with Crippen LogP contribution >= 0.6 is 0 Å². The molecule has 0 saturated carbocycles. The SMILES string of the molecule is CC1CCCC(CN)N1CC(=O)N1CCCC1=O. The van der Waals surface area contributed by atoms with E-state index < -0.39 is 0 Å². The number of hydrogen-bond acceptors (Lipinski definition) is 4. The quantitative estimate of drug-likeness (QED) is 0.787. The van der Waals surface area contributed by atoms with E-state index in [-0.39, 0.29) is 17.9 Å². The fourth-order valence-electron chi connectivity index (χ4n) is 3.03. The van der Waals surface area contributed by atoms with E-state index in [0.29, 0.717) is 32.1 Å². The van der Waals surface area contributed by atoms with Gasteiger partial charge in [0.2, 0.25) is 11.8 Å². The van der Waals surface area contributed by atoms with E-state index in [4.69, 9.17) is 5.73 Å². The lowest BCUT2D eigenvalue weighted by Crippen LogP contribution is -2.53. The van der Waals surface area contributed by atoms with E-state index in [9.17, 15) is 9.59 Å². The van der Waals surface area contributed by atoms with Gasteiger partial charge in [-0.05, 0) is 26.2 Å². The van der Waals surface area contributed by atoms with Crippen LogP contribution < -0.4 is 5.73 Å². The van der Waals surface area contributed by atoms with Crippen LogP contribution in [0, 0.1) is 0 Å². The van der Waals surface area contributed by atoms with Crippen LogP contribution in [0.2, 0.25) is 0 Å². The van der Waals surface area contributed by atoms with Crippen molar-refractivity contribution in [1.29, 1.82) is 0 Å². The zero-order chi connectivity index (χ0) is 13.1. The van der Waals surface area contributed by atoms with Crippen molar-refractivity contribution in [1.82, 2.24) is 9.80 Å². The number of amides is 2. The maximum absolute atomic E-state index is 12.2. The highest BCUT2D eigenvalue weighted by molar-refractivity contribution is 5.97. The van der Waals surface area contributed by atoms with Gasteiger partial charge in [0.1, 0.15) is 0 Å². The lowest BCUT2D eigenvalue weighted by atomic mass is 9.96. The summed E-state index contributed by atoms with van der Waals surface area (Å²) >= 11 is 0. The summed E-state index contributed by atoms with van der Waals surface area (Å²) in [5.41, 5.74) is 5.78. The molecule has 2 heterocycles. The molecule has 2 saturated heterocycles. The van der Waals surface area contributed by atoms with Gasteiger partial charge in [-0.2, -0.15) is 0 Å². The molecule has 2 amide bonds. The fourth-order valence-corrected chi connectivity index (χ4v) is 3.03. The van der Waals surface area contributed by atoms with E-state index in [1.807, 2.05) is 0 Å². The van der Waals surface area contributed by atoms with Gasteiger partial charge in [-0.15, -0.1) is 0 Å². The Morgan fingerprint density at radius 2 is 2.17 bits per heavy atom. The number of hydrogen-bond donors (Lipinski definition) is 1. The Bertz CT molecular complexity index is 332. The molecule has 0 radical (unpaired) electrons. The fraction of sp³-hybridized carbons (Fsp3) is 0.846. The maximum Gasteiger partial charge on any atom is 0.243 e. The standard InChI is InChI=1S/C13H23N3O2/c1-10-4-2-5-11(8-14)16(10)9-13(18)15-7-3-6-12(15)17/h10-11H,2-9,14H2,1H3. The van der Waals surface area contributed by atoms with Crippen LogP contribution in [0.15, 0.2) is 0 Å². The third-order valence-electron chi connectivity index (χ3n) is 4.16. The van der Waals surface area contributed by atoms with Gasteiger partial charge >= 0.3 is 0 Å². The summed E-state index contributed by atoms with van der Waals surface area (Å²) in [6.07, 6.45) is 4.66. The molecule has 2 aliphatic heterocycles. The Kier molecular flexibility index (Phi) is 4.35. The zero-order valence-corrected chi connectivity index (χ0v) is 11.1. The van der Waals surface area contributed by atoms with Gasteiger partial charge in [-0.3, -0.25) is 19.4 Å². The normalized spacial score (nSPS) is 29.9. The molecule has 2 atom stereocenters. The molecule has 2 aliphatic rings. The molecule has 0 bridgehead atoms. The van der Waals surface area contributed by atoms with Crippen LogP contribution in [0.4, 0.5) is 0 Å². The lowest BCUT2D eigenvalue weighted by Gasteiger charge is -2.40. The second-order valence-corrected chi connectivity index (χ2v) is 5.38. The van der Waals surface area contributed by atoms with Crippen molar-refractivity contribution in [2.45, 2.75) is 51.1 Å². The number of rotatable bonds is 3. The monoisotopic (exact) mass is 253 g/mol. The van der Waals surface area contributed by atoms with Crippen LogP contribution in [0.25, 0.3) is 0 Å². The molecule has 2 N–H and O–H groups in total. The van der Waals surface area contributed by atoms with E-state index in [2.05, 4.69) is 11.8 Å². The Morgan fingerprint density at radius 1 is 1.39 bits per heavy atom. The number of nitrogens with two attached hydrogens (primary N) is 1. The first-order valence-electron chi connectivity index (χ1n) is 6.92. The molecule has 0 aromatic heterocycles. The number of nitrogens with zero attached hydrogens (tertiary/aromatic N) is 2. The Balaban J connectivity index is 1.97. The van der Waals surface area contributed by atoms with Gasteiger partial charge < -0.3 is 5.73 Å². The van der Waals surface area contributed by atoms with Crippen molar-refractivity contribution in [2.24, 2.45) is 5.73 Å². The first-order chi connectivity index (χ1) is 8.63. The minimum absolute atomic E-state index is 0.0195. The number of likely N-dealkylation sites (tertiary alicyclic amines) is 2. The van der Waals surface area contributed by atoms with Gasteiger partial charge in [0.05, 0.1) is 6.54 Å².